The fourth-order valence-electron chi connectivity index (χ4n) is 6.01. The summed E-state index contributed by atoms with van der Waals surface area (Å²) in [6, 6.07) is 25.0. The number of halogens is 3. The fraction of sp³-hybridized carbons (Fsp3) is 0.312. The first kappa shape index (κ1) is 27.8. The van der Waals surface area contributed by atoms with Crippen molar-refractivity contribution in [1.29, 1.82) is 0 Å². The molecule has 3 heterocycles. The van der Waals surface area contributed by atoms with Crippen LogP contribution < -0.4 is 10.1 Å². The van der Waals surface area contributed by atoms with Gasteiger partial charge in [-0.05, 0) is 28.8 Å². The number of piperazine rings is 1. The van der Waals surface area contributed by atoms with Crippen LogP contribution in [0.3, 0.4) is 0 Å². The summed E-state index contributed by atoms with van der Waals surface area (Å²) in [4.78, 5) is 17.8. The predicted octanol–water partition coefficient (Wildman–Crippen LogP) is 6.10. The maximum Gasteiger partial charge on any atom is 0.410 e. The zero-order chi connectivity index (χ0) is 29.3. The van der Waals surface area contributed by atoms with Gasteiger partial charge in [0.25, 0.3) is 5.91 Å². The van der Waals surface area contributed by atoms with Gasteiger partial charge in [0.15, 0.2) is 6.04 Å². The van der Waals surface area contributed by atoms with Crippen molar-refractivity contribution in [2.75, 3.05) is 38.6 Å². The maximum atomic E-state index is 14.2. The monoisotopic (exact) mass is 575 g/mol. The number of carbonyl (C=O) groups excluding carboxylic acids is 1. The number of rotatable bonds is 6. The first-order valence-electron chi connectivity index (χ1n) is 14.0. The summed E-state index contributed by atoms with van der Waals surface area (Å²) < 4.78 is 48.7. The number of alkyl halides is 3. The topological polar surface area (TPSA) is 62.6 Å². The first-order valence-corrected chi connectivity index (χ1v) is 14.0. The molecule has 218 valence electrons. The van der Waals surface area contributed by atoms with E-state index in [1.807, 2.05) is 36.4 Å². The molecule has 6 rings (SSSR count). The number of hydrogen-bond acceptors (Lipinski definition) is 5. The molecule has 0 bridgehead atoms. The Hall–Kier alpha value is -4.31. The summed E-state index contributed by atoms with van der Waals surface area (Å²) in [5.41, 5.74) is 3.17. The third-order valence-electron chi connectivity index (χ3n) is 8.18. The van der Waals surface area contributed by atoms with Crippen LogP contribution in [0, 0.1) is 0 Å². The third kappa shape index (κ3) is 5.46. The minimum atomic E-state index is -4.52. The quantitative estimate of drug-likeness (QED) is 0.301. The van der Waals surface area contributed by atoms with E-state index in [2.05, 4.69) is 39.6 Å². The number of ether oxygens (including phenoxy) is 1. The van der Waals surface area contributed by atoms with Crippen LogP contribution in [-0.2, 0) is 0 Å². The number of aromatic nitrogens is 2. The molecule has 42 heavy (non-hydrogen) atoms. The molecule has 0 spiro atoms. The molecule has 0 unspecified atom stereocenters. The van der Waals surface area contributed by atoms with E-state index in [4.69, 9.17) is 4.74 Å². The van der Waals surface area contributed by atoms with Gasteiger partial charge >= 0.3 is 6.18 Å². The molecule has 7 nitrogen and oxygen atoms in total. The molecule has 3 aromatic carbocycles. The number of fused-ring (bicyclic) bond motifs is 1. The minimum Gasteiger partial charge on any atom is -0.497 e. The highest BCUT2D eigenvalue weighted by molar-refractivity contribution is 5.99. The molecule has 0 aliphatic carbocycles. The van der Waals surface area contributed by atoms with E-state index in [9.17, 15) is 18.0 Å². The molecule has 2 aliphatic heterocycles. The maximum absolute atomic E-state index is 14.2. The first-order chi connectivity index (χ1) is 20.3. The van der Waals surface area contributed by atoms with Gasteiger partial charge in [-0.15, -0.1) is 0 Å². The van der Waals surface area contributed by atoms with Gasteiger partial charge in [0.1, 0.15) is 17.1 Å². The number of hydrogen-bond donors (Lipinski definition) is 1. The lowest BCUT2D eigenvalue weighted by atomic mass is 9.96. The molecule has 4 aromatic rings. The Bertz CT molecular complexity index is 1460. The van der Waals surface area contributed by atoms with Crippen LogP contribution in [0.5, 0.6) is 5.75 Å². The van der Waals surface area contributed by atoms with Crippen molar-refractivity contribution in [3.8, 4) is 5.75 Å². The predicted molar refractivity (Wildman–Crippen MR) is 153 cm³/mol. The highest BCUT2D eigenvalue weighted by Crippen LogP contribution is 2.44. The second-order valence-corrected chi connectivity index (χ2v) is 10.7. The smallest absolute Gasteiger partial charge is 0.410 e. The number of methoxy groups -OCH3 is 1. The van der Waals surface area contributed by atoms with E-state index in [0.717, 1.165) is 4.68 Å². The summed E-state index contributed by atoms with van der Waals surface area (Å²) in [6.45, 7) is 2.14. The van der Waals surface area contributed by atoms with Crippen LogP contribution in [0.15, 0.2) is 91.1 Å². The second kappa shape index (κ2) is 11.5. The number of nitrogens with one attached hydrogen (secondary N) is 1. The zero-order valence-electron chi connectivity index (χ0n) is 23.2. The van der Waals surface area contributed by atoms with Gasteiger partial charge < -0.3 is 15.0 Å². The van der Waals surface area contributed by atoms with Crippen LogP contribution in [0.4, 0.5) is 19.0 Å². The standard InChI is InChI=1S/C32H32F3N5O2/c1-42-25-14-12-22(13-15-25)27-20-28(32(33,34)35)40-30(37-27)26(21-36-40)31(41)39-18-16-38(17-19-39)29(23-8-4-2-5-9-23)24-10-6-3-7-11-24/h2-15,21,27-29,37H,16-20H2,1H3/t27-,28+/m0/s1. The van der Waals surface area contributed by atoms with E-state index >= 15 is 0 Å². The highest BCUT2D eigenvalue weighted by Gasteiger charge is 2.47. The highest BCUT2D eigenvalue weighted by atomic mass is 19.4. The molecule has 1 N–H and O–H groups in total. The van der Waals surface area contributed by atoms with E-state index in [1.54, 1.807) is 29.2 Å². The van der Waals surface area contributed by atoms with Crippen molar-refractivity contribution < 1.29 is 22.7 Å². The second-order valence-electron chi connectivity index (χ2n) is 10.7. The molecular formula is C32H32F3N5O2. The van der Waals surface area contributed by atoms with Gasteiger partial charge in [-0.3, -0.25) is 9.69 Å². The summed E-state index contributed by atoms with van der Waals surface area (Å²) in [5.74, 6) is 0.391. The summed E-state index contributed by atoms with van der Waals surface area (Å²) in [5, 5.41) is 7.25. The fourth-order valence-corrected chi connectivity index (χ4v) is 6.01. The lowest BCUT2D eigenvalue weighted by Crippen LogP contribution is -2.50. The van der Waals surface area contributed by atoms with Gasteiger partial charge in [-0.2, -0.15) is 18.3 Å². The van der Waals surface area contributed by atoms with Crippen LogP contribution in [0.1, 0.15) is 51.6 Å². The molecule has 1 saturated heterocycles. The van der Waals surface area contributed by atoms with Crippen molar-refractivity contribution >= 4 is 11.7 Å². The van der Waals surface area contributed by atoms with Crippen molar-refractivity contribution in [2.24, 2.45) is 0 Å². The Morgan fingerprint density at radius 3 is 2.05 bits per heavy atom. The van der Waals surface area contributed by atoms with Gasteiger partial charge in [0.2, 0.25) is 0 Å². The van der Waals surface area contributed by atoms with Crippen LogP contribution >= 0.6 is 0 Å². The summed E-state index contributed by atoms with van der Waals surface area (Å²) >= 11 is 0. The molecule has 0 radical (unpaired) electrons. The van der Waals surface area contributed by atoms with E-state index < -0.39 is 18.3 Å². The average molecular weight is 576 g/mol. The molecule has 2 aliphatic rings. The Labute approximate surface area is 242 Å². The van der Waals surface area contributed by atoms with Gasteiger partial charge in [0.05, 0.1) is 25.4 Å². The summed E-state index contributed by atoms with van der Waals surface area (Å²) in [6.07, 6.45) is -3.50. The molecule has 0 saturated carbocycles. The SMILES string of the molecule is COc1ccc([C@@H]2C[C@H](C(F)(F)F)n3ncc(C(=O)N4CCN(C(c5ccccc5)c5ccccc5)CC4)c3N2)cc1. The largest absolute Gasteiger partial charge is 0.497 e. The van der Waals surface area contributed by atoms with Crippen LogP contribution in [0.2, 0.25) is 0 Å². The van der Waals surface area contributed by atoms with Crippen molar-refractivity contribution in [3.63, 3.8) is 0 Å². The van der Waals surface area contributed by atoms with Crippen molar-refractivity contribution in [2.45, 2.75) is 30.7 Å². The number of nitrogens with zero attached hydrogens (tertiary/aromatic N) is 4. The minimum absolute atomic E-state index is 0.0352. The van der Waals surface area contributed by atoms with Gasteiger partial charge in [0, 0.05) is 32.6 Å². The Morgan fingerprint density at radius 2 is 1.50 bits per heavy atom. The zero-order valence-corrected chi connectivity index (χ0v) is 23.2. The molecule has 1 amide bonds. The van der Waals surface area contributed by atoms with Crippen molar-refractivity contribution in [3.05, 3.63) is 113 Å². The van der Waals surface area contributed by atoms with E-state index in [-0.39, 0.29) is 29.8 Å². The molecule has 1 aromatic heterocycles. The van der Waals surface area contributed by atoms with Crippen molar-refractivity contribution in [1.82, 2.24) is 19.6 Å². The summed E-state index contributed by atoms with van der Waals surface area (Å²) in [7, 11) is 1.54. The number of amides is 1. The lowest BCUT2D eigenvalue weighted by molar-refractivity contribution is -0.173. The Balaban J connectivity index is 1.23. The molecular weight excluding hydrogens is 543 g/mol. The number of anilines is 1. The van der Waals surface area contributed by atoms with Gasteiger partial charge in [-0.25, -0.2) is 4.68 Å². The normalized spacial score (nSPS) is 19.3. The molecule has 10 heteroatoms. The lowest BCUT2D eigenvalue weighted by Gasteiger charge is -2.40. The Morgan fingerprint density at radius 1 is 0.905 bits per heavy atom. The van der Waals surface area contributed by atoms with E-state index in [0.29, 0.717) is 37.5 Å². The van der Waals surface area contributed by atoms with Crippen LogP contribution in [-0.4, -0.2) is 65.0 Å². The average Bonchev–Trinajstić information content (AvgIpc) is 3.45. The van der Waals surface area contributed by atoms with Crippen LogP contribution in [0.25, 0.3) is 0 Å². The van der Waals surface area contributed by atoms with Gasteiger partial charge in [-0.1, -0.05) is 72.8 Å². The number of benzene rings is 3. The molecule has 1 fully saturated rings. The number of carbonyl (C=O) groups is 1. The Kier molecular flexibility index (Phi) is 7.64. The molecule has 2 atom stereocenters. The van der Waals surface area contributed by atoms with E-state index in [1.165, 1.54) is 24.4 Å². The third-order valence-corrected chi connectivity index (χ3v) is 8.18.